The zero-order chi connectivity index (χ0) is 25.7. The first kappa shape index (κ1) is 24.0. The minimum atomic E-state index is -0.220. The molecule has 2 aliphatic rings. The lowest BCUT2D eigenvalue weighted by atomic mass is 9.90. The number of ether oxygens (including phenoxy) is 3. The van der Waals surface area contributed by atoms with E-state index in [9.17, 15) is 4.79 Å². The summed E-state index contributed by atoms with van der Waals surface area (Å²) in [7, 11) is 0. The largest absolute Gasteiger partial charge is 0.458 e. The number of esters is 1. The van der Waals surface area contributed by atoms with Crippen molar-refractivity contribution in [3.05, 3.63) is 131 Å². The number of carbonyl (C=O) groups is 1. The van der Waals surface area contributed by atoms with Crippen molar-refractivity contribution >= 4 is 11.7 Å². The number of fused-ring (bicyclic) bond motifs is 2. The third kappa shape index (κ3) is 5.18. The van der Waals surface area contributed by atoms with Gasteiger partial charge in [-0.05, 0) is 28.8 Å². The first-order chi connectivity index (χ1) is 18.7. The number of rotatable bonds is 8. The van der Waals surface area contributed by atoms with Crippen LogP contribution in [0.15, 0.2) is 103 Å². The minimum Gasteiger partial charge on any atom is -0.458 e. The van der Waals surface area contributed by atoms with Gasteiger partial charge in [-0.1, -0.05) is 91.0 Å². The van der Waals surface area contributed by atoms with Gasteiger partial charge < -0.3 is 14.2 Å². The second-order valence-corrected chi connectivity index (χ2v) is 9.69. The fourth-order valence-corrected chi connectivity index (χ4v) is 5.35. The molecular weight excluding hydrogens is 474 g/mol. The van der Waals surface area contributed by atoms with E-state index >= 15 is 0 Å². The van der Waals surface area contributed by atoms with Crippen molar-refractivity contribution in [1.29, 1.82) is 0 Å². The Bertz CT molecular complexity index is 1450. The summed E-state index contributed by atoms with van der Waals surface area (Å²) in [5, 5.41) is 0. The fraction of sp³-hybridized carbons (Fsp3) is 0.212. The van der Waals surface area contributed by atoms with Crippen LogP contribution < -0.4 is 9.47 Å². The van der Waals surface area contributed by atoms with Crippen molar-refractivity contribution in [1.82, 2.24) is 0 Å². The maximum absolute atomic E-state index is 12.9. The molecule has 4 aromatic carbocycles. The Morgan fingerprint density at radius 3 is 2.16 bits per heavy atom. The van der Waals surface area contributed by atoms with Gasteiger partial charge >= 0.3 is 5.97 Å². The maximum Gasteiger partial charge on any atom is 0.310 e. The molecule has 190 valence electrons. The molecule has 0 aromatic heterocycles. The Kier molecular flexibility index (Phi) is 6.90. The lowest BCUT2D eigenvalue weighted by Crippen LogP contribution is -2.36. The molecule has 0 radical (unpaired) electrons. The quantitative estimate of drug-likeness (QED) is 0.233. The van der Waals surface area contributed by atoms with E-state index in [0.717, 1.165) is 42.0 Å². The number of hydrogen-bond acceptors (Lipinski definition) is 4. The number of nitrogens with zero attached hydrogens (tertiary/aromatic N) is 1. The highest BCUT2D eigenvalue weighted by atomic mass is 16.7. The number of hydrogen-bond donors (Lipinski definition) is 0. The molecule has 6 rings (SSSR count). The van der Waals surface area contributed by atoms with Crippen LogP contribution in [0.5, 0.6) is 11.5 Å². The molecule has 0 aliphatic carbocycles. The molecule has 0 unspecified atom stereocenters. The van der Waals surface area contributed by atoms with E-state index < -0.39 is 0 Å². The van der Waals surface area contributed by atoms with Crippen molar-refractivity contribution in [2.45, 2.75) is 25.3 Å². The van der Waals surface area contributed by atoms with Gasteiger partial charge in [-0.3, -0.25) is 4.79 Å². The average Bonchev–Trinajstić information content (AvgIpc) is 3.42. The number of carbonyl (C=O) groups excluding carboxylic acids is 1. The third-order valence-corrected chi connectivity index (χ3v) is 7.25. The Hall–Kier alpha value is -4.38. The zero-order valence-corrected chi connectivity index (χ0v) is 21.2. The third-order valence-electron chi connectivity index (χ3n) is 7.25. The van der Waals surface area contributed by atoms with Crippen LogP contribution in [0.3, 0.4) is 0 Å². The topological polar surface area (TPSA) is 47.8 Å². The van der Waals surface area contributed by atoms with Gasteiger partial charge in [-0.15, -0.1) is 0 Å². The maximum atomic E-state index is 12.9. The van der Waals surface area contributed by atoms with Gasteiger partial charge in [0.2, 0.25) is 12.8 Å². The molecule has 4 aromatic rings. The van der Waals surface area contributed by atoms with Gasteiger partial charge in [-0.25, -0.2) is 4.58 Å². The van der Waals surface area contributed by atoms with E-state index in [1.807, 2.05) is 54.6 Å². The summed E-state index contributed by atoms with van der Waals surface area (Å²) in [5.74, 6) is 1.37. The highest BCUT2D eigenvalue weighted by Crippen LogP contribution is 2.37. The summed E-state index contributed by atoms with van der Waals surface area (Å²) in [6.07, 6.45) is 1.88. The standard InChI is InChI=1S/C33H30NO4/c35-33(19-25-12-6-2-7-13-25)36-22-30(26-14-8-3-9-15-26)34-17-16-27-20-31-32(38-23-37-31)21-28(27)29(34)18-24-10-4-1-5-11-24/h1-15,20-21,30H,16-19,22-23H2/q+1/t30-/m1/s1. The first-order valence-electron chi connectivity index (χ1n) is 13.1. The summed E-state index contributed by atoms with van der Waals surface area (Å²) in [6.45, 7) is 1.33. The van der Waals surface area contributed by atoms with Crippen molar-refractivity contribution in [3.63, 3.8) is 0 Å². The normalized spacial score (nSPS) is 14.6. The van der Waals surface area contributed by atoms with E-state index in [1.54, 1.807) is 0 Å². The van der Waals surface area contributed by atoms with Crippen LogP contribution in [0.25, 0.3) is 0 Å². The molecule has 5 nitrogen and oxygen atoms in total. The molecule has 0 amide bonds. The number of benzene rings is 4. The molecule has 38 heavy (non-hydrogen) atoms. The predicted octanol–water partition coefficient (Wildman–Crippen LogP) is 5.54. The Labute approximate surface area is 222 Å². The molecule has 0 N–H and O–H groups in total. The van der Waals surface area contributed by atoms with Gasteiger partial charge in [0.05, 0.1) is 12.8 Å². The van der Waals surface area contributed by atoms with E-state index in [4.69, 9.17) is 14.2 Å². The fourth-order valence-electron chi connectivity index (χ4n) is 5.35. The first-order valence-corrected chi connectivity index (χ1v) is 13.1. The minimum absolute atomic E-state index is 0.117. The van der Waals surface area contributed by atoms with Crippen LogP contribution in [-0.2, 0) is 28.8 Å². The van der Waals surface area contributed by atoms with Crippen molar-refractivity contribution in [2.75, 3.05) is 19.9 Å². The van der Waals surface area contributed by atoms with Crippen LogP contribution in [0.1, 0.15) is 33.9 Å². The molecule has 2 aliphatic heterocycles. The van der Waals surface area contributed by atoms with Crippen molar-refractivity contribution in [3.8, 4) is 11.5 Å². The summed E-state index contributed by atoms with van der Waals surface area (Å²) in [5.41, 5.74) is 6.92. The van der Waals surface area contributed by atoms with E-state index in [0.29, 0.717) is 0 Å². The van der Waals surface area contributed by atoms with Crippen LogP contribution in [-0.4, -0.2) is 36.2 Å². The molecule has 5 heteroatoms. The average molecular weight is 505 g/mol. The molecular formula is C33H30NO4+. The van der Waals surface area contributed by atoms with Gasteiger partial charge in [0.15, 0.2) is 23.8 Å². The van der Waals surface area contributed by atoms with Crippen LogP contribution in [0, 0.1) is 0 Å². The second-order valence-electron chi connectivity index (χ2n) is 9.69. The summed E-state index contributed by atoms with van der Waals surface area (Å²) >= 11 is 0. The van der Waals surface area contributed by atoms with Gasteiger partial charge in [-0.2, -0.15) is 0 Å². The highest BCUT2D eigenvalue weighted by Gasteiger charge is 2.35. The summed E-state index contributed by atoms with van der Waals surface area (Å²) < 4.78 is 19.8. The summed E-state index contributed by atoms with van der Waals surface area (Å²) in [4.78, 5) is 12.9. The van der Waals surface area contributed by atoms with Crippen LogP contribution in [0.4, 0.5) is 0 Å². The smallest absolute Gasteiger partial charge is 0.310 e. The monoisotopic (exact) mass is 504 g/mol. The molecule has 0 bridgehead atoms. The second kappa shape index (κ2) is 10.9. The summed E-state index contributed by atoms with van der Waals surface area (Å²) in [6, 6.07) is 34.7. The molecule has 1 atom stereocenters. The lowest BCUT2D eigenvalue weighted by molar-refractivity contribution is -0.576. The molecule has 0 fully saturated rings. The SMILES string of the molecule is O=C(Cc1ccccc1)OC[C@H](c1ccccc1)[N+]1=C(Cc2ccccc2)c2cc3c(cc2CC1)OCO3. The van der Waals surface area contributed by atoms with Gasteiger partial charge in [0.1, 0.15) is 6.54 Å². The Morgan fingerprint density at radius 2 is 1.45 bits per heavy atom. The van der Waals surface area contributed by atoms with Gasteiger partial charge in [0, 0.05) is 17.5 Å². The Balaban J connectivity index is 1.38. The van der Waals surface area contributed by atoms with E-state index in [-0.39, 0.29) is 31.8 Å². The molecule has 2 heterocycles. The van der Waals surface area contributed by atoms with E-state index in [1.165, 1.54) is 22.4 Å². The molecule has 0 saturated carbocycles. The van der Waals surface area contributed by atoms with E-state index in [2.05, 4.69) is 53.1 Å². The van der Waals surface area contributed by atoms with Crippen LogP contribution in [0.2, 0.25) is 0 Å². The molecule has 0 saturated heterocycles. The van der Waals surface area contributed by atoms with Crippen molar-refractivity contribution in [2.24, 2.45) is 0 Å². The van der Waals surface area contributed by atoms with Gasteiger partial charge in [0.25, 0.3) is 0 Å². The Morgan fingerprint density at radius 1 is 0.816 bits per heavy atom. The predicted molar refractivity (Wildman–Crippen MR) is 146 cm³/mol. The lowest BCUT2D eigenvalue weighted by Gasteiger charge is -2.25. The highest BCUT2D eigenvalue weighted by molar-refractivity contribution is 6.01. The molecule has 0 spiro atoms. The van der Waals surface area contributed by atoms with Crippen LogP contribution >= 0.6 is 0 Å². The zero-order valence-electron chi connectivity index (χ0n) is 21.2. The van der Waals surface area contributed by atoms with Crippen molar-refractivity contribution < 1.29 is 23.6 Å².